The average Bonchev–Trinajstić information content (AvgIpc) is 2.98. The molecule has 1 atom stereocenters. The van der Waals surface area contributed by atoms with E-state index >= 15 is 0 Å². The van der Waals surface area contributed by atoms with Crippen LogP contribution >= 0.6 is 15.9 Å². The van der Waals surface area contributed by atoms with E-state index in [1.165, 1.54) is 0 Å². The molecule has 1 heterocycles. The number of amides is 2. The number of hydrogen-bond acceptors (Lipinski definition) is 4. The summed E-state index contributed by atoms with van der Waals surface area (Å²) < 4.78 is 11.4. The van der Waals surface area contributed by atoms with Gasteiger partial charge in [0.05, 0.1) is 0 Å². The lowest BCUT2D eigenvalue weighted by molar-refractivity contribution is -0.135. The van der Waals surface area contributed by atoms with Crippen molar-refractivity contribution in [2.75, 3.05) is 13.2 Å². The van der Waals surface area contributed by atoms with E-state index in [2.05, 4.69) is 26.8 Å². The van der Waals surface area contributed by atoms with Crippen LogP contribution in [0, 0.1) is 0 Å². The van der Waals surface area contributed by atoms with Crippen molar-refractivity contribution in [3.63, 3.8) is 0 Å². The van der Waals surface area contributed by atoms with Crippen LogP contribution in [0.25, 0.3) is 0 Å². The quantitative estimate of drug-likeness (QED) is 0.805. The Kier molecular flexibility index (Phi) is 5.37. The van der Waals surface area contributed by atoms with Crippen molar-refractivity contribution in [2.45, 2.75) is 18.9 Å². The first-order valence-electron chi connectivity index (χ1n) is 6.24. The molecule has 20 heavy (non-hydrogen) atoms. The second-order valence-electron chi connectivity index (χ2n) is 4.28. The summed E-state index contributed by atoms with van der Waals surface area (Å²) in [6.07, 6.45) is 1.07. The molecule has 1 aromatic carbocycles. The molecule has 2 N–H and O–H groups in total. The van der Waals surface area contributed by atoms with Crippen LogP contribution < -0.4 is 15.6 Å². The fourth-order valence-electron chi connectivity index (χ4n) is 1.71. The average molecular weight is 343 g/mol. The van der Waals surface area contributed by atoms with E-state index in [1.54, 1.807) is 12.1 Å². The minimum atomic E-state index is -0.470. The lowest BCUT2D eigenvalue weighted by Crippen LogP contribution is -2.47. The third-order valence-electron chi connectivity index (χ3n) is 2.73. The van der Waals surface area contributed by atoms with Crippen LogP contribution in [0.5, 0.6) is 5.75 Å². The van der Waals surface area contributed by atoms with Gasteiger partial charge in [-0.25, -0.2) is 0 Å². The van der Waals surface area contributed by atoms with E-state index in [9.17, 15) is 9.59 Å². The molecule has 108 valence electrons. The van der Waals surface area contributed by atoms with Crippen LogP contribution in [-0.2, 0) is 14.3 Å². The summed E-state index contributed by atoms with van der Waals surface area (Å²) in [5.74, 6) is -0.187. The maximum absolute atomic E-state index is 11.6. The Morgan fingerprint density at radius 2 is 2.05 bits per heavy atom. The molecule has 1 fully saturated rings. The van der Waals surface area contributed by atoms with E-state index in [0.717, 1.165) is 10.9 Å². The fourth-order valence-corrected chi connectivity index (χ4v) is 1.98. The second-order valence-corrected chi connectivity index (χ2v) is 5.20. The maximum Gasteiger partial charge on any atom is 0.276 e. The van der Waals surface area contributed by atoms with Gasteiger partial charge < -0.3 is 9.47 Å². The minimum Gasteiger partial charge on any atom is -0.484 e. The monoisotopic (exact) mass is 342 g/mol. The molecule has 2 amide bonds. The molecular formula is C13H15BrN2O4. The number of halogens is 1. The molecule has 0 bridgehead atoms. The first-order valence-corrected chi connectivity index (χ1v) is 7.03. The van der Waals surface area contributed by atoms with Crippen LogP contribution in [0.3, 0.4) is 0 Å². The zero-order valence-corrected chi connectivity index (χ0v) is 12.3. The Bertz CT molecular complexity index is 472. The predicted octanol–water partition coefficient (Wildman–Crippen LogP) is 1.15. The van der Waals surface area contributed by atoms with E-state index in [-0.39, 0.29) is 12.5 Å². The minimum absolute atomic E-state index is 0.173. The van der Waals surface area contributed by atoms with Crippen LogP contribution in [0.4, 0.5) is 0 Å². The number of hydrogen-bond donors (Lipinski definition) is 2. The van der Waals surface area contributed by atoms with Gasteiger partial charge in [0.1, 0.15) is 11.9 Å². The largest absolute Gasteiger partial charge is 0.484 e. The van der Waals surface area contributed by atoms with Gasteiger partial charge in [-0.15, -0.1) is 0 Å². The third-order valence-corrected chi connectivity index (χ3v) is 3.26. The van der Waals surface area contributed by atoms with Crippen molar-refractivity contribution in [3.8, 4) is 5.75 Å². The van der Waals surface area contributed by atoms with Crippen LogP contribution in [0.2, 0.25) is 0 Å². The molecule has 1 aliphatic rings. The predicted molar refractivity (Wildman–Crippen MR) is 74.9 cm³/mol. The Hall–Kier alpha value is -1.60. The van der Waals surface area contributed by atoms with E-state index in [4.69, 9.17) is 9.47 Å². The highest BCUT2D eigenvalue weighted by molar-refractivity contribution is 9.10. The first-order chi connectivity index (χ1) is 9.65. The van der Waals surface area contributed by atoms with Crippen LogP contribution in [0.1, 0.15) is 12.8 Å². The zero-order chi connectivity index (χ0) is 14.4. The smallest absolute Gasteiger partial charge is 0.276 e. The van der Waals surface area contributed by atoms with E-state index in [0.29, 0.717) is 18.8 Å². The van der Waals surface area contributed by atoms with Crippen molar-refractivity contribution >= 4 is 27.7 Å². The Balaban J connectivity index is 1.67. The highest BCUT2D eigenvalue weighted by Gasteiger charge is 2.23. The molecule has 2 rings (SSSR count). The molecule has 0 aromatic heterocycles. The first kappa shape index (κ1) is 14.8. The highest BCUT2D eigenvalue weighted by Crippen LogP contribution is 2.15. The number of hydrazine groups is 1. The number of nitrogens with one attached hydrogen (secondary N) is 2. The SMILES string of the molecule is O=C(COc1ccc(Br)cc1)NNC(=O)C1CCCO1. The van der Waals surface area contributed by atoms with Gasteiger partial charge in [-0.05, 0) is 37.1 Å². The number of carbonyl (C=O) groups is 2. The van der Waals surface area contributed by atoms with Gasteiger partial charge >= 0.3 is 0 Å². The van der Waals surface area contributed by atoms with Gasteiger partial charge in [0.25, 0.3) is 11.8 Å². The van der Waals surface area contributed by atoms with E-state index < -0.39 is 12.0 Å². The number of rotatable bonds is 4. The molecule has 0 aliphatic carbocycles. The summed E-state index contributed by atoms with van der Waals surface area (Å²) in [6, 6.07) is 7.10. The Labute approximate surface area is 124 Å². The number of ether oxygens (including phenoxy) is 2. The highest BCUT2D eigenvalue weighted by atomic mass is 79.9. The summed E-state index contributed by atoms with van der Waals surface area (Å²) in [5.41, 5.74) is 4.61. The summed E-state index contributed by atoms with van der Waals surface area (Å²) in [4.78, 5) is 23.1. The molecule has 0 radical (unpaired) electrons. The molecule has 6 nitrogen and oxygen atoms in total. The van der Waals surface area contributed by atoms with Gasteiger partial charge in [0.2, 0.25) is 0 Å². The lowest BCUT2D eigenvalue weighted by Gasteiger charge is -2.11. The zero-order valence-electron chi connectivity index (χ0n) is 10.7. The van der Waals surface area contributed by atoms with Crippen molar-refractivity contribution in [1.29, 1.82) is 0 Å². The third kappa shape index (κ3) is 4.50. The second kappa shape index (κ2) is 7.25. The normalized spacial score (nSPS) is 17.6. The fraction of sp³-hybridized carbons (Fsp3) is 0.385. The number of carbonyl (C=O) groups excluding carboxylic acids is 2. The van der Waals surface area contributed by atoms with Crippen molar-refractivity contribution in [1.82, 2.24) is 10.9 Å². The van der Waals surface area contributed by atoms with Gasteiger partial charge in [0, 0.05) is 11.1 Å². The topological polar surface area (TPSA) is 76.7 Å². The van der Waals surface area contributed by atoms with Crippen LogP contribution in [-0.4, -0.2) is 31.1 Å². The molecule has 0 saturated carbocycles. The molecule has 1 unspecified atom stereocenters. The van der Waals surface area contributed by atoms with Crippen molar-refractivity contribution < 1.29 is 19.1 Å². The van der Waals surface area contributed by atoms with Crippen LogP contribution in [0.15, 0.2) is 28.7 Å². The summed E-state index contributed by atoms with van der Waals surface area (Å²) in [7, 11) is 0. The molecule has 1 saturated heterocycles. The Morgan fingerprint density at radius 1 is 1.30 bits per heavy atom. The molecular weight excluding hydrogens is 328 g/mol. The van der Waals surface area contributed by atoms with Gasteiger partial charge in [-0.1, -0.05) is 15.9 Å². The lowest BCUT2D eigenvalue weighted by atomic mass is 10.2. The van der Waals surface area contributed by atoms with Gasteiger partial charge in [-0.2, -0.15) is 0 Å². The summed E-state index contributed by atoms with van der Waals surface area (Å²) in [6.45, 7) is 0.409. The van der Waals surface area contributed by atoms with E-state index in [1.807, 2.05) is 12.1 Å². The van der Waals surface area contributed by atoms with Gasteiger partial charge in [-0.3, -0.25) is 20.4 Å². The molecule has 1 aliphatic heterocycles. The number of benzene rings is 1. The van der Waals surface area contributed by atoms with Gasteiger partial charge in [0.15, 0.2) is 6.61 Å². The Morgan fingerprint density at radius 3 is 2.70 bits per heavy atom. The van der Waals surface area contributed by atoms with Crippen molar-refractivity contribution in [3.05, 3.63) is 28.7 Å². The molecule has 1 aromatic rings. The molecule has 0 spiro atoms. The standard InChI is InChI=1S/C13H15BrN2O4/c14-9-3-5-10(6-4-9)20-8-12(17)15-16-13(18)11-2-1-7-19-11/h3-6,11H,1-2,7-8H2,(H,15,17)(H,16,18). The maximum atomic E-state index is 11.6. The van der Waals surface area contributed by atoms with Crippen molar-refractivity contribution in [2.24, 2.45) is 0 Å². The summed E-state index contributed by atoms with van der Waals surface area (Å²) in [5, 5.41) is 0. The summed E-state index contributed by atoms with van der Waals surface area (Å²) >= 11 is 3.30. The molecule has 7 heteroatoms.